The number of carbonyl (C=O) groups excluding carboxylic acids is 1. The minimum Gasteiger partial charge on any atom is -0.495 e. The molecule has 2 aliphatic heterocycles. The number of benzene rings is 2. The first kappa shape index (κ1) is 22.8. The van der Waals surface area contributed by atoms with Crippen molar-refractivity contribution in [1.29, 1.82) is 0 Å². The van der Waals surface area contributed by atoms with Gasteiger partial charge in [-0.3, -0.25) is 0 Å². The molecule has 2 saturated heterocycles. The van der Waals surface area contributed by atoms with Crippen LogP contribution in [0.5, 0.6) is 5.75 Å². The first-order chi connectivity index (χ1) is 16.6. The van der Waals surface area contributed by atoms with E-state index in [4.69, 9.17) is 9.47 Å². The van der Waals surface area contributed by atoms with Gasteiger partial charge in [-0.05, 0) is 37.4 Å². The summed E-state index contributed by atoms with van der Waals surface area (Å²) in [5.74, 6) is 0.860. The lowest BCUT2D eigenvalue weighted by Gasteiger charge is -2.36. The van der Waals surface area contributed by atoms with Gasteiger partial charge in [0.05, 0.1) is 12.8 Å². The number of hydrogen-bond donors (Lipinski definition) is 0. The van der Waals surface area contributed by atoms with Crippen molar-refractivity contribution in [2.24, 2.45) is 0 Å². The summed E-state index contributed by atoms with van der Waals surface area (Å²) in [6, 6.07) is 16.7. The number of likely N-dealkylation sites (N-methyl/N-ethyl adjacent to an activating group) is 1. The fourth-order valence-electron chi connectivity index (χ4n) is 4.74. The number of ether oxygens (including phenoxy) is 2. The minimum atomic E-state index is -0.239. The molecule has 0 radical (unpaired) electrons. The summed E-state index contributed by atoms with van der Waals surface area (Å²) in [6.45, 7) is 7.33. The van der Waals surface area contributed by atoms with Crippen LogP contribution >= 0.6 is 11.3 Å². The maximum absolute atomic E-state index is 12.8. The predicted molar refractivity (Wildman–Crippen MR) is 138 cm³/mol. The molecular formula is C26H32N4O3S. The summed E-state index contributed by atoms with van der Waals surface area (Å²) in [4.78, 5) is 22.7. The third-order valence-corrected chi connectivity index (χ3v) is 7.81. The van der Waals surface area contributed by atoms with Crippen LogP contribution in [0, 0.1) is 0 Å². The molecule has 0 spiro atoms. The Morgan fingerprint density at radius 2 is 1.56 bits per heavy atom. The van der Waals surface area contributed by atoms with Crippen molar-refractivity contribution in [2.75, 3.05) is 76.3 Å². The molecule has 0 saturated carbocycles. The van der Waals surface area contributed by atoms with Crippen molar-refractivity contribution in [3.63, 3.8) is 0 Å². The highest BCUT2D eigenvalue weighted by Gasteiger charge is 2.24. The van der Waals surface area contributed by atoms with Crippen LogP contribution in [0.15, 0.2) is 48.5 Å². The first-order valence-corrected chi connectivity index (χ1v) is 12.7. The predicted octanol–water partition coefficient (Wildman–Crippen LogP) is 4.12. The standard InChI is InChI=1S/C26H32N4O3S/c1-27-10-12-28(13-11-27)22-7-5-9-25-21(22)18-20(34-25)19-33-26(31)30-16-14-29(15-17-30)23-6-3-4-8-24(23)32-2/h3-9,18H,10-17,19H2,1-2H3. The molecule has 2 aliphatic rings. The quantitative estimate of drug-likeness (QED) is 0.548. The van der Waals surface area contributed by atoms with E-state index in [1.54, 1.807) is 23.3 Å². The summed E-state index contributed by atoms with van der Waals surface area (Å²) in [5, 5.41) is 1.26. The number of carbonyl (C=O) groups is 1. The van der Waals surface area contributed by atoms with Crippen LogP contribution in [0.25, 0.3) is 10.1 Å². The number of nitrogens with zero attached hydrogens (tertiary/aromatic N) is 4. The number of methoxy groups -OCH3 is 1. The summed E-state index contributed by atoms with van der Waals surface area (Å²) in [5.41, 5.74) is 2.35. The van der Waals surface area contributed by atoms with Crippen molar-refractivity contribution < 1.29 is 14.3 Å². The van der Waals surface area contributed by atoms with Crippen molar-refractivity contribution >= 4 is 38.9 Å². The van der Waals surface area contributed by atoms with E-state index in [1.165, 1.54) is 15.8 Å². The van der Waals surface area contributed by atoms with Gasteiger partial charge < -0.3 is 29.1 Å². The van der Waals surface area contributed by atoms with E-state index in [1.807, 2.05) is 18.2 Å². The van der Waals surface area contributed by atoms with Crippen LogP contribution in [0.3, 0.4) is 0 Å². The average molecular weight is 481 g/mol. The van der Waals surface area contributed by atoms with E-state index in [0.29, 0.717) is 19.7 Å². The van der Waals surface area contributed by atoms with E-state index < -0.39 is 0 Å². The van der Waals surface area contributed by atoms with Crippen LogP contribution in [-0.4, -0.2) is 82.4 Å². The van der Waals surface area contributed by atoms with Gasteiger partial charge in [0.1, 0.15) is 12.4 Å². The maximum atomic E-state index is 12.8. The van der Waals surface area contributed by atoms with E-state index in [2.05, 4.69) is 52.1 Å². The molecule has 0 unspecified atom stereocenters. The third-order valence-electron chi connectivity index (χ3n) is 6.74. The molecule has 7 nitrogen and oxygen atoms in total. The zero-order valence-corrected chi connectivity index (χ0v) is 20.7. The second kappa shape index (κ2) is 10.1. The lowest BCUT2D eigenvalue weighted by atomic mass is 10.1. The Kier molecular flexibility index (Phi) is 6.78. The molecular weight excluding hydrogens is 448 g/mol. The number of thiophene rings is 1. The van der Waals surface area contributed by atoms with Gasteiger partial charge in [-0.1, -0.05) is 18.2 Å². The fourth-order valence-corrected chi connectivity index (χ4v) is 5.73. The minimum absolute atomic E-state index is 0.239. The second-order valence-electron chi connectivity index (χ2n) is 8.89. The van der Waals surface area contributed by atoms with Gasteiger partial charge in [0.2, 0.25) is 0 Å². The number of piperazine rings is 2. The lowest BCUT2D eigenvalue weighted by molar-refractivity contribution is 0.0950. The molecule has 3 heterocycles. The SMILES string of the molecule is COc1ccccc1N1CCN(C(=O)OCc2cc3c(N4CCN(C)CC4)cccc3s2)CC1. The highest BCUT2D eigenvalue weighted by atomic mass is 32.1. The van der Waals surface area contributed by atoms with Crippen LogP contribution in [0.2, 0.25) is 0 Å². The molecule has 1 aromatic heterocycles. The highest BCUT2D eigenvalue weighted by molar-refractivity contribution is 7.19. The number of para-hydroxylation sites is 2. The number of amides is 1. The molecule has 0 bridgehead atoms. The third kappa shape index (κ3) is 4.79. The van der Waals surface area contributed by atoms with Crippen LogP contribution in [0.4, 0.5) is 16.2 Å². The molecule has 2 fully saturated rings. The fraction of sp³-hybridized carbons (Fsp3) is 0.423. The largest absolute Gasteiger partial charge is 0.495 e. The van der Waals surface area contributed by atoms with Gasteiger partial charge in [0, 0.05) is 73.0 Å². The molecule has 5 rings (SSSR count). The van der Waals surface area contributed by atoms with Gasteiger partial charge >= 0.3 is 6.09 Å². The number of fused-ring (bicyclic) bond motifs is 1. The van der Waals surface area contributed by atoms with Gasteiger partial charge in [0.25, 0.3) is 0 Å². The van der Waals surface area contributed by atoms with Gasteiger partial charge in [0.15, 0.2) is 0 Å². The molecule has 8 heteroatoms. The molecule has 0 atom stereocenters. The Bertz CT molecular complexity index is 1130. The Hall–Kier alpha value is -2.97. The molecule has 1 amide bonds. The van der Waals surface area contributed by atoms with Gasteiger partial charge in [-0.2, -0.15) is 0 Å². The van der Waals surface area contributed by atoms with Crippen LogP contribution < -0.4 is 14.5 Å². The zero-order valence-electron chi connectivity index (χ0n) is 19.9. The molecule has 34 heavy (non-hydrogen) atoms. The van der Waals surface area contributed by atoms with Crippen molar-refractivity contribution in [3.8, 4) is 5.75 Å². The normalized spacial score (nSPS) is 17.3. The van der Waals surface area contributed by atoms with E-state index in [9.17, 15) is 4.79 Å². The summed E-state index contributed by atoms with van der Waals surface area (Å²) in [6.07, 6.45) is -0.239. The summed E-state index contributed by atoms with van der Waals surface area (Å²) >= 11 is 1.71. The Morgan fingerprint density at radius 1 is 0.882 bits per heavy atom. The van der Waals surface area contributed by atoms with E-state index in [-0.39, 0.29) is 6.09 Å². The number of hydrogen-bond acceptors (Lipinski definition) is 7. The lowest BCUT2D eigenvalue weighted by Crippen LogP contribution is -2.49. The second-order valence-corrected chi connectivity index (χ2v) is 10.1. The highest BCUT2D eigenvalue weighted by Crippen LogP contribution is 2.34. The zero-order chi connectivity index (χ0) is 23.5. The van der Waals surface area contributed by atoms with Gasteiger partial charge in [-0.15, -0.1) is 11.3 Å². The van der Waals surface area contributed by atoms with E-state index in [0.717, 1.165) is 55.6 Å². The maximum Gasteiger partial charge on any atom is 0.410 e. The molecule has 2 aromatic carbocycles. The van der Waals surface area contributed by atoms with Crippen LogP contribution in [0.1, 0.15) is 4.88 Å². The van der Waals surface area contributed by atoms with Crippen LogP contribution in [-0.2, 0) is 11.3 Å². The average Bonchev–Trinajstić information content (AvgIpc) is 3.31. The monoisotopic (exact) mass is 480 g/mol. The smallest absolute Gasteiger partial charge is 0.410 e. The summed E-state index contributed by atoms with van der Waals surface area (Å²) in [7, 11) is 3.86. The van der Waals surface area contributed by atoms with Crippen molar-refractivity contribution in [1.82, 2.24) is 9.80 Å². The Labute approximate surface area is 205 Å². The molecule has 0 N–H and O–H groups in total. The van der Waals surface area contributed by atoms with Crippen molar-refractivity contribution in [3.05, 3.63) is 53.4 Å². The summed E-state index contributed by atoms with van der Waals surface area (Å²) < 4.78 is 12.4. The van der Waals surface area contributed by atoms with Gasteiger partial charge in [-0.25, -0.2) is 4.79 Å². The number of anilines is 2. The topological polar surface area (TPSA) is 48.5 Å². The van der Waals surface area contributed by atoms with E-state index >= 15 is 0 Å². The molecule has 3 aromatic rings. The molecule has 180 valence electrons. The van der Waals surface area contributed by atoms with Crippen molar-refractivity contribution in [2.45, 2.75) is 6.61 Å². The number of rotatable bonds is 5. The Balaban J connectivity index is 1.18. The Morgan fingerprint density at radius 3 is 2.32 bits per heavy atom. The molecule has 0 aliphatic carbocycles. The first-order valence-electron chi connectivity index (χ1n) is 11.9.